The Balaban J connectivity index is 1.97. The first kappa shape index (κ1) is 16.2. The van der Waals surface area contributed by atoms with Gasteiger partial charge in [-0.1, -0.05) is 23.7 Å². The Morgan fingerprint density at radius 2 is 2.10 bits per heavy atom. The Morgan fingerprint density at radius 3 is 2.71 bits per heavy atom. The Labute approximate surface area is 129 Å². The van der Waals surface area contributed by atoms with Gasteiger partial charge in [0.15, 0.2) is 0 Å². The molecule has 1 aliphatic heterocycles. The summed E-state index contributed by atoms with van der Waals surface area (Å²) >= 11 is 5.84. The highest BCUT2D eigenvalue weighted by Gasteiger charge is 2.25. The molecular weight excluding hydrogens is 316 g/mol. The van der Waals surface area contributed by atoms with Crippen molar-refractivity contribution in [3.05, 3.63) is 34.9 Å². The third-order valence-electron chi connectivity index (χ3n) is 3.15. The fraction of sp³-hybridized carbons (Fsp3) is 0.462. The van der Waals surface area contributed by atoms with E-state index in [0.717, 1.165) is 11.8 Å². The maximum absolute atomic E-state index is 12.0. The van der Waals surface area contributed by atoms with Crippen molar-refractivity contribution < 1.29 is 17.9 Å². The third kappa shape index (κ3) is 4.96. The summed E-state index contributed by atoms with van der Waals surface area (Å²) in [5, 5.41) is 0.639. The van der Waals surface area contributed by atoms with Gasteiger partial charge in [-0.3, -0.25) is 4.79 Å². The zero-order chi connectivity index (χ0) is 15.5. The molecule has 116 valence electrons. The number of rotatable bonds is 4. The van der Waals surface area contributed by atoms with Gasteiger partial charge >= 0.3 is 0 Å². The molecule has 1 unspecified atom stereocenters. The molecule has 0 spiro atoms. The highest BCUT2D eigenvalue weighted by atomic mass is 35.5. The summed E-state index contributed by atoms with van der Waals surface area (Å²) in [7, 11) is -3.37. The van der Waals surface area contributed by atoms with Crippen molar-refractivity contribution in [3.8, 4) is 0 Å². The van der Waals surface area contributed by atoms with Gasteiger partial charge in [0.05, 0.1) is 26.0 Å². The quantitative estimate of drug-likeness (QED) is 0.884. The van der Waals surface area contributed by atoms with Crippen LogP contribution in [-0.2, 0) is 19.6 Å². The van der Waals surface area contributed by atoms with Gasteiger partial charge in [-0.2, -0.15) is 0 Å². The summed E-state index contributed by atoms with van der Waals surface area (Å²) in [6, 6.07) is 7.25. The van der Waals surface area contributed by atoms with E-state index in [4.69, 9.17) is 16.3 Å². The second kappa shape index (κ2) is 6.74. The lowest BCUT2D eigenvalue weighted by molar-refractivity contribution is -0.137. The van der Waals surface area contributed by atoms with Crippen molar-refractivity contribution in [2.45, 2.75) is 6.10 Å². The molecule has 0 aromatic heterocycles. The van der Waals surface area contributed by atoms with Crippen LogP contribution >= 0.6 is 11.6 Å². The summed E-state index contributed by atoms with van der Waals surface area (Å²) in [6.07, 6.45) is 0.800. The van der Waals surface area contributed by atoms with E-state index in [-0.39, 0.29) is 18.6 Å². The van der Waals surface area contributed by atoms with Gasteiger partial charge in [0.2, 0.25) is 15.9 Å². The molecule has 1 aromatic rings. The predicted molar refractivity (Wildman–Crippen MR) is 79.6 cm³/mol. The van der Waals surface area contributed by atoms with Crippen molar-refractivity contribution in [2.75, 3.05) is 32.5 Å². The molecule has 0 saturated carbocycles. The Morgan fingerprint density at radius 1 is 1.43 bits per heavy atom. The second-order valence-corrected chi connectivity index (χ2v) is 7.11. The minimum atomic E-state index is -3.37. The van der Waals surface area contributed by atoms with Gasteiger partial charge in [-0.25, -0.2) is 13.1 Å². The van der Waals surface area contributed by atoms with Gasteiger partial charge in [0.1, 0.15) is 6.10 Å². The monoisotopic (exact) mass is 332 g/mol. The molecule has 1 heterocycles. The predicted octanol–water partition coefficient (Wildman–Crippen LogP) is 0.789. The first-order valence-electron chi connectivity index (χ1n) is 6.44. The Bertz CT molecular complexity index is 603. The number of nitrogens with zero attached hydrogens (tertiary/aromatic N) is 1. The van der Waals surface area contributed by atoms with E-state index in [9.17, 15) is 13.2 Å². The number of ether oxygens (including phenoxy) is 1. The average Bonchev–Trinajstić information content (AvgIpc) is 2.45. The molecule has 1 saturated heterocycles. The average molecular weight is 333 g/mol. The van der Waals surface area contributed by atoms with Crippen LogP contribution in [0.2, 0.25) is 5.02 Å². The molecule has 2 rings (SSSR count). The van der Waals surface area contributed by atoms with E-state index in [1.807, 2.05) is 12.1 Å². The molecule has 1 atom stereocenters. The molecular formula is C13H17ClN2O4S. The number of carbonyl (C=O) groups excluding carboxylic acids is 1. The van der Waals surface area contributed by atoms with Crippen molar-refractivity contribution in [3.63, 3.8) is 0 Å². The molecule has 1 aliphatic rings. The topological polar surface area (TPSA) is 75.7 Å². The maximum atomic E-state index is 12.0. The lowest BCUT2D eigenvalue weighted by atomic mass is 10.1. The summed E-state index contributed by atoms with van der Waals surface area (Å²) < 4.78 is 29.9. The van der Waals surface area contributed by atoms with Gasteiger partial charge in [-0.15, -0.1) is 0 Å². The summed E-state index contributed by atoms with van der Waals surface area (Å²) in [6.45, 7) is 1.03. The molecule has 6 nitrogen and oxygen atoms in total. The number of amides is 1. The van der Waals surface area contributed by atoms with E-state index in [2.05, 4.69) is 4.72 Å². The molecule has 0 bridgehead atoms. The largest absolute Gasteiger partial charge is 0.370 e. The van der Waals surface area contributed by atoms with E-state index in [1.165, 1.54) is 0 Å². The zero-order valence-electron chi connectivity index (χ0n) is 11.6. The van der Waals surface area contributed by atoms with Crippen LogP contribution in [0.15, 0.2) is 24.3 Å². The number of halogens is 1. The molecule has 1 N–H and O–H groups in total. The number of benzene rings is 1. The number of hydrogen-bond acceptors (Lipinski definition) is 4. The van der Waals surface area contributed by atoms with Gasteiger partial charge in [0.25, 0.3) is 0 Å². The highest BCUT2D eigenvalue weighted by molar-refractivity contribution is 7.88. The standard InChI is InChI=1S/C13H17ClN2O4S/c1-21(18,19)15-8-13(17)16-6-7-20-12(9-16)10-2-4-11(14)5-3-10/h2-5,12,15H,6-9H2,1H3. The molecule has 21 heavy (non-hydrogen) atoms. The first-order valence-corrected chi connectivity index (χ1v) is 8.71. The van der Waals surface area contributed by atoms with Crippen LogP contribution in [0.5, 0.6) is 0 Å². The third-order valence-corrected chi connectivity index (χ3v) is 4.07. The van der Waals surface area contributed by atoms with Crippen molar-refractivity contribution >= 4 is 27.5 Å². The van der Waals surface area contributed by atoms with Crippen LogP contribution in [0.3, 0.4) is 0 Å². The van der Waals surface area contributed by atoms with E-state index in [1.54, 1.807) is 17.0 Å². The first-order chi connectivity index (χ1) is 9.85. The zero-order valence-corrected chi connectivity index (χ0v) is 13.2. The fourth-order valence-corrected chi connectivity index (χ4v) is 2.57. The number of sulfonamides is 1. The Hall–Kier alpha value is -1.15. The van der Waals surface area contributed by atoms with Crippen LogP contribution in [-0.4, -0.2) is 51.7 Å². The molecule has 0 aliphatic carbocycles. The molecule has 1 fully saturated rings. The van der Waals surface area contributed by atoms with E-state index < -0.39 is 10.0 Å². The lowest BCUT2D eigenvalue weighted by Crippen LogP contribution is -2.46. The highest BCUT2D eigenvalue weighted by Crippen LogP contribution is 2.23. The summed E-state index contributed by atoms with van der Waals surface area (Å²) in [5.74, 6) is -0.261. The summed E-state index contributed by atoms with van der Waals surface area (Å²) in [4.78, 5) is 13.6. The SMILES string of the molecule is CS(=O)(=O)NCC(=O)N1CCOC(c2ccc(Cl)cc2)C1. The number of morpholine rings is 1. The van der Waals surface area contributed by atoms with E-state index >= 15 is 0 Å². The second-order valence-electron chi connectivity index (χ2n) is 4.84. The van der Waals surface area contributed by atoms with Crippen LogP contribution < -0.4 is 4.72 Å². The molecule has 1 aromatic carbocycles. The maximum Gasteiger partial charge on any atom is 0.237 e. The van der Waals surface area contributed by atoms with Crippen LogP contribution in [0.1, 0.15) is 11.7 Å². The molecule has 0 radical (unpaired) electrons. The van der Waals surface area contributed by atoms with E-state index in [0.29, 0.717) is 24.7 Å². The smallest absolute Gasteiger partial charge is 0.237 e. The van der Waals surface area contributed by atoms with Crippen LogP contribution in [0.4, 0.5) is 0 Å². The lowest BCUT2D eigenvalue weighted by Gasteiger charge is -2.33. The minimum absolute atomic E-state index is 0.224. The fourth-order valence-electron chi connectivity index (χ4n) is 2.06. The van der Waals surface area contributed by atoms with Crippen LogP contribution in [0, 0.1) is 0 Å². The normalized spacial score (nSPS) is 19.5. The van der Waals surface area contributed by atoms with Gasteiger partial charge in [-0.05, 0) is 17.7 Å². The molecule has 1 amide bonds. The Kier molecular flexibility index (Phi) is 5.21. The number of carbonyl (C=O) groups is 1. The number of nitrogens with one attached hydrogen (secondary N) is 1. The van der Waals surface area contributed by atoms with Gasteiger partial charge < -0.3 is 9.64 Å². The summed E-state index contributed by atoms with van der Waals surface area (Å²) in [5.41, 5.74) is 0.938. The number of hydrogen-bond donors (Lipinski definition) is 1. The van der Waals surface area contributed by atoms with Crippen molar-refractivity contribution in [1.82, 2.24) is 9.62 Å². The van der Waals surface area contributed by atoms with Crippen molar-refractivity contribution in [1.29, 1.82) is 0 Å². The van der Waals surface area contributed by atoms with Gasteiger partial charge in [0, 0.05) is 11.6 Å². The minimum Gasteiger partial charge on any atom is -0.370 e. The van der Waals surface area contributed by atoms with Crippen molar-refractivity contribution in [2.24, 2.45) is 0 Å². The molecule has 8 heteroatoms. The van der Waals surface area contributed by atoms with Crippen LogP contribution in [0.25, 0.3) is 0 Å².